The molecule has 3 fully saturated rings. The maximum absolute atomic E-state index is 13.8. The molecule has 2 amide bonds. The van der Waals surface area contributed by atoms with Gasteiger partial charge in [-0.2, -0.15) is 5.10 Å². The molecular weight excluding hydrogens is 630 g/mol. The number of likely N-dealkylation sites (tertiary alicyclic amines) is 1. The molecule has 0 bridgehead atoms. The van der Waals surface area contributed by atoms with E-state index in [-0.39, 0.29) is 24.4 Å². The number of nitrogens with one attached hydrogen (secondary N) is 2. The molecule has 2 N–H and O–H groups in total. The molecule has 3 aromatic heterocycles. The van der Waals surface area contributed by atoms with Gasteiger partial charge in [-0.15, -0.1) is 0 Å². The largest absolute Gasteiger partial charge is 0.368 e. The molecule has 2 saturated heterocycles. The Labute approximate surface area is 290 Å². The van der Waals surface area contributed by atoms with Gasteiger partial charge in [0.2, 0.25) is 5.91 Å². The van der Waals surface area contributed by atoms with Crippen LogP contribution in [0.4, 0.5) is 11.4 Å². The van der Waals surface area contributed by atoms with Gasteiger partial charge >= 0.3 is 0 Å². The van der Waals surface area contributed by atoms with Crippen LogP contribution in [0.3, 0.4) is 0 Å². The van der Waals surface area contributed by atoms with E-state index in [2.05, 4.69) is 60.5 Å². The van der Waals surface area contributed by atoms with Gasteiger partial charge in [0.15, 0.2) is 11.4 Å². The Morgan fingerprint density at radius 2 is 1.78 bits per heavy atom. The summed E-state index contributed by atoms with van der Waals surface area (Å²) in [5.41, 5.74) is 5.53. The fourth-order valence-corrected chi connectivity index (χ4v) is 7.31. The van der Waals surface area contributed by atoms with Crippen LogP contribution in [-0.2, 0) is 14.3 Å². The molecule has 3 aliphatic rings. The maximum atomic E-state index is 13.8. The van der Waals surface area contributed by atoms with E-state index in [1.165, 1.54) is 12.8 Å². The van der Waals surface area contributed by atoms with Gasteiger partial charge in [0.1, 0.15) is 5.69 Å². The molecular formula is C38H41N9O3. The van der Waals surface area contributed by atoms with Gasteiger partial charge in [-0.25, -0.2) is 9.97 Å². The fraction of sp³-hybridized carbons (Fsp3) is 0.368. The summed E-state index contributed by atoms with van der Waals surface area (Å²) < 4.78 is 5.90. The number of hydrogen-bond donors (Lipinski definition) is 2. The summed E-state index contributed by atoms with van der Waals surface area (Å²) in [6.07, 6.45) is 8.19. The molecule has 1 unspecified atom stereocenters. The summed E-state index contributed by atoms with van der Waals surface area (Å²) in [7, 11) is 1.57. The predicted molar refractivity (Wildman–Crippen MR) is 192 cm³/mol. The minimum atomic E-state index is -1.06. The van der Waals surface area contributed by atoms with Crippen molar-refractivity contribution >= 4 is 34.1 Å². The van der Waals surface area contributed by atoms with Crippen LogP contribution in [0.1, 0.15) is 37.8 Å². The van der Waals surface area contributed by atoms with Crippen molar-refractivity contribution in [3.63, 3.8) is 0 Å². The third-order valence-electron chi connectivity index (χ3n) is 10.3. The topological polar surface area (TPSA) is 132 Å². The number of anilines is 2. The summed E-state index contributed by atoms with van der Waals surface area (Å²) >= 11 is 0. The van der Waals surface area contributed by atoms with Crippen molar-refractivity contribution in [1.82, 2.24) is 34.9 Å². The lowest BCUT2D eigenvalue weighted by Crippen LogP contribution is -2.56. The van der Waals surface area contributed by atoms with Gasteiger partial charge in [-0.05, 0) is 86.8 Å². The van der Waals surface area contributed by atoms with Crippen molar-refractivity contribution in [3.05, 3.63) is 84.9 Å². The SMILES string of the molecule is COC1(C(=O)Nc2ccc3[nH]nc(-c4ccnc(C5CC5)c4)c3c2)CCN(CC(=O)N2CCN(c3ccc(-c4ncccn4)cc3)C[C@H]2C)C1. The lowest BCUT2D eigenvalue weighted by molar-refractivity contribution is -0.138. The molecule has 0 spiro atoms. The number of hydrogen-bond acceptors (Lipinski definition) is 9. The first-order valence-electron chi connectivity index (χ1n) is 17.3. The molecule has 0 radical (unpaired) electrons. The lowest BCUT2D eigenvalue weighted by Gasteiger charge is -2.41. The molecule has 1 saturated carbocycles. The standard InChI is InChI=1S/C38H41N9O3/c1-25-22-46(30-9-6-27(7-10-30)36-40-14-3-15-41-36)18-19-47(25)34(48)23-45-17-13-38(24-45,50-2)37(49)42-29-8-11-32-31(21-29)35(44-43-32)28-12-16-39-33(20-28)26-4-5-26/h3,6-12,14-16,20-21,25-26H,4-5,13,17-19,22-24H2,1-2H3,(H,42,49)(H,43,44)/t25-,38?/m1/s1. The second-order valence-corrected chi connectivity index (χ2v) is 13.7. The second-order valence-electron chi connectivity index (χ2n) is 13.7. The van der Waals surface area contributed by atoms with Crippen LogP contribution in [0.25, 0.3) is 33.5 Å². The highest BCUT2D eigenvalue weighted by Gasteiger charge is 2.46. The van der Waals surface area contributed by atoms with Gasteiger partial charge in [-0.1, -0.05) is 0 Å². The number of carbonyl (C=O) groups excluding carboxylic acids is 2. The number of aromatic nitrogens is 5. The Morgan fingerprint density at radius 3 is 2.54 bits per heavy atom. The minimum absolute atomic E-state index is 0.0432. The summed E-state index contributed by atoms with van der Waals surface area (Å²) in [5, 5.41) is 11.7. The maximum Gasteiger partial charge on any atom is 0.258 e. The van der Waals surface area contributed by atoms with Gasteiger partial charge < -0.3 is 19.9 Å². The molecule has 50 heavy (non-hydrogen) atoms. The normalized spacial score (nSPS) is 21.1. The zero-order chi connectivity index (χ0) is 34.2. The number of ether oxygens (including phenoxy) is 1. The average Bonchev–Trinajstić information content (AvgIpc) is 3.79. The monoisotopic (exact) mass is 671 g/mol. The molecule has 2 aliphatic heterocycles. The lowest BCUT2D eigenvalue weighted by atomic mass is 10.0. The van der Waals surface area contributed by atoms with Gasteiger partial charge in [0, 0.05) is 104 Å². The van der Waals surface area contributed by atoms with E-state index in [4.69, 9.17) is 4.74 Å². The number of piperazine rings is 1. The number of aromatic amines is 1. The molecule has 2 atom stereocenters. The van der Waals surface area contributed by atoms with Crippen molar-refractivity contribution in [3.8, 4) is 22.6 Å². The molecule has 12 heteroatoms. The van der Waals surface area contributed by atoms with Gasteiger partial charge in [0.05, 0.1) is 12.1 Å². The average molecular weight is 672 g/mol. The fourth-order valence-electron chi connectivity index (χ4n) is 7.31. The Morgan fingerprint density at radius 1 is 0.960 bits per heavy atom. The van der Waals surface area contributed by atoms with E-state index >= 15 is 0 Å². The Kier molecular flexibility index (Phi) is 8.49. The van der Waals surface area contributed by atoms with Crippen LogP contribution in [0.2, 0.25) is 0 Å². The number of benzene rings is 2. The first-order valence-corrected chi connectivity index (χ1v) is 17.3. The predicted octanol–water partition coefficient (Wildman–Crippen LogP) is 4.73. The van der Waals surface area contributed by atoms with E-state index < -0.39 is 5.60 Å². The molecule has 5 aromatic rings. The molecule has 5 heterocycles. The number of amides is 2. The summed E-state index contributed by atoms with van der Waals surface area (Å²) in [4.78, 5) is 46.9. The summed E-state index contributed by atoms with van der Waals surface area (Å²) in [6, 6.07) is 20.0. The zero-order valence-electron chi connectivity index (χ0n) is 28.4. The van der Waals surface area contributed by atoms with E-state index in [1.54, 1.807) is 19.5 Å². The molecule has 8 rings (SSSR count). The number of H-pyrrole nitrogens is 1. The molecule has 256 valence electrons. The number of methoxy groups -OCH3 is 1. The quantitative estimate of drug-likeness (QED) is 0.228. The number of fused-ring (bicyclic) bond motifs is 1. The van der Waals surface area contributed by atoms with Crippen molar-refractivity contribution in [1.29, 1.82) is 0 Å². The highest BCUT2D eigenvalue weighted by Crippen LogP contribution is 2.40. The highest BCUT2D eigenvalue weighted by atomic mass is 16.5. The second kappa shape index (κ2) is 13.3. The van der Waals surface area contributed by atoms with Gasteiger partial charge in [-0.3, -0.25) is 24.6 Å². The molecule has 12 nitrogen and oxygen atoms in total. The summed E-state index contributed by atoms with van der Waals surface area (Å²) in [6.45, 7) is 5.38. The first kappa shape index (κ1) is 32.0. The van der Waals surface area contributed by atoms with Crippen molar-refractivity contribution in [2.24, 2.45) is 0 Å². The highest BCUT2D eigenvalue weighted by molar-refractivity contribution is 6.01. The van der Waals surface area contributed by atoms with E-state index in [9.17, 15) is 9.59 Å². The smallest absolute Gasteiger partial charge is 0.258 e. The third-order valence-corrected chi connectivity index (χ3v) is 10.3. The number of pyridine rings is 1. The molecule has 1 aliphatic carbocycles. The van der Waals surface area contributed by atoms with Crippen molar-refractivity contribution in [2.45, 2.75) is 43.7 Å². The van der Waals surface area contributed by atoms with Crippen LogP contribution >= 0.6 is 0 Å². The first-order chi connectivity index (χ1) is 24.4. The van der Waals surface area contributed by atoms with Crippen LogP contribution in [0, 0.1) is 0 Å². The molecule has 2 aromatic carbocycles. The number of rotatable bonds is 9. The van der Waals surface area contributed by atoms with Crippen molar-refractivity contribution < 1.29 is 14.3 Å². The number of carbonyl (C=O) groups is 2. The van der Waals surface area contributed by atoms with Crippen LogP contribution in [0.15, 0.2) is 79.3 Å². The summed E-state index contributed by atoms with van der Waals surface area (Å²) in [5.74, 6) is 1.10. The Bertz CT molecular complexity index is 2010. The Hall–Kier alpha value is -5.20. The van der Waals surface area contributed by atoms with E-state index in [1.807, 2.05) is 58.5 Å². The zero-order valence-corrected chi connectivity index (χ0v) is 28.4. The van der Waals surface area contributed by atoms with E-state index in [0.29, 0.717) is 43.5 Å². The van der Waals surface area contributed by atoms with Crippen LogP contribution in [-0.4, -0.2) is 105 Å². The van der Waals surface area contributed by atoms with Gasteiger partial charge in [0.25, 0.3) is 5.91 Å². The minimum Gasteiger partial charge on any atom is -0.368 e. The van der Waals surface area contributed by atoms with Crippen LogP contribution in [0.5, 0.6) is 0 Å². The Balaban J connectivity index is 0.882. The van der Waals surface area contributed by atoms with Crippen LogP contribution < -0.4 is 10.2 Å². The third kappa shape index (κ3) is 6.32. The van der Waals surface area contributed by atoms with E-state index in [0.717, 1.165) is 52.2 Å². The van der Waals surface area contributed by atoms with Crippen molar-refractivity contribution in [2.75, 3.05) is 56.6 Å². The number of nitrogens with zero attached hydrogens (tertiary/aromatic N) is 7.